The van der Waals surface area contributed by atoms with E-state index in [-0.39, 0.29) is 0 Å². The minimum absolute atomic E-state index is 0.954. The van der Waals surface area contributed by atoms with Crippen molar-refractivity contribution in [2.75, 3.05) is 0 Å². The van der Waals surface area contributed by atoms with E-state index in [2.05, 4.69) is 164 Å². The van der Waals surface area contributed by atoms with Gasteiger partial charge < -0.3 is 0 Å². The van der Waals surface area contributed by atoms with Crippen molar-refractivity contribution >= 4 is 27.1 Å². The first kappa shape index (κ1) is 26.7. The Kier molecular flexibility index (Phi) is 7.68. The number of hydrogen-bond acceptors (Lipinski definition) is 2. The van der Waals surface area contributed by atoms with Crippen LogP contribution in [0, 0.1) is 0 Å². The highest BCUT2D eigenvalue weighted by molar-refractivity contribution is 8.16. The van der Waals surface area contributed by atoms with Crippen LogP contribution in [0.15, 0.2) is 182 Å². The average Bonchev–Trinajstić information content (AvgIpc) is 3.10. The summed E-state index contributed by atoms with van der Waals surface area (Å²) >= 11 is 1.82. The molecule has 204 valence electrons. The molecule has 2 heterocycles. The van der Waals surface area contributed by atoms with Crippen molar-refractivity contribution in [3.8, 4) is 22.5 Å². The third kappa shape index (κ3) is 5.92. The molecule has 1 aliphatic rings. The molecule has 2 heteroatoms. The van der Waals surface area contributed by atoms with Gasteiger partial charge in [0.2, 0.25) is 0 Å². The summed E-state index contributed by atoms with van der Waals surface area (Å²) in [5.74, 6) is 0. The summed E-state index contributed by atoms with van der Waals surface area (Å²) in [4.78, 5) is 7.62. The number of pyridine rings is 1. The van der Waals surface area contributed by atoms with Gasteiger partial charge in [0.1, 0.15) is 0 Å². The fourth-order valence-corrected chi connectivity index (χ4v) is 6.55. The molecule has 7 rings (SSSR count). The minimum atomic E-state index is 0.954. The zero-order valence-electron chi connectivity index (χ0n) is 23.6. The number of hydrogen-bond donors (Lipinski definition) is 0. The first-order valence-electron chi connectivity index (χ1n) is 14.5. The Balaban J connectivity index is 1.53. The van der Waals surface area contributed by atoms with Gasteiger partial charge in [-0.05, 0) is 57.7 Å². The van der Waals surface area contributed by atoms with Crippen LogP contribution in [0.3, 0.4) is 0 Å². The van der Waals surface area contributed by atoms with E-state index in [1.165, 1.54) is 37.6 Å². The van der Waals surface area contributed by atoms with Crippen molar-refractivity contribution in [1.82, 2.24) is 4.98 Å². The van der Waals surface area contributed by atoms with Gasteiger partial charge in [-0.25, -0.2) is 4.98 Å². The van der Waals surface area contributed by atoms with E-state index in [0.717, 1.165) is 28.1 Å². The molecule has 1 aliphatic heterocycles. The molecular formula is C41H29NS. The van der Waals surface area contributed by atoms with Gasteiger partial charge in [-0.1, -0.05) is 163 Å². The lowest BCUT2D eigenvalue weighted by Gasteiger charge is -2.21. The monoisotopic (exact) mass is 567 g/mol. The smallest absolute Gasteiger partial charge is 0.0715 e. The van der Waals surface area contributed by atoms with Crippen molar-refractivity contribution < 1.29 is 0 Å². The molecule has 6 aromatic rings. The standard InChI is InChI=1S/C41H29NS/c1-6-16-30(17-7-1)37-26-35(27-38(42-37)31-18-8-2-9-19-31)41(34-24-14-5-15-25-34)36-28-39(32-20-10-3-11-21-32)43-40(29-36)33-22-12-4-13-23-33/h1-29H. The van der Waals surface area contributed by atoms with E-state index in [9.17, 15) is 0 Å². The van der Waals surface area contributed by atoms with Gasteiger partial charge in [0.25, 0.3) is 0 Å². The van der Waals surface area contributed by atoms with Crippen LogP contribution in [0.4, 0.5) is 0 Å². The fourth-order valence-electron chi connectivity index (χ4n) is 5.43. The molecule has 0 fully saturated rings. The molecule has 0 bridgehead atoms. The molecule has 0 spiro atoms. The molecule has 43 heavy (non-hydrogen) atoms. The zero-order chi connectivity index (χ0) is 28.8. The number of aromatic nitrogens is 1. The topological polar surface area (TPSA) is 12.9 Å². The summed E-state index contributed by atoms with van der Waals surface area (Å²) in [6, 6.07) is 57.5. The van der Waals surface area contributed by atoms with Crippen molar-refractivity contribution in [2.24, 2.45) is 0 Å². The molecule has 1 nitrogen and oxygen atoms in total. The second kappa shape index (κ2) is 12.4. The average molecular weight is 568 g/mol. The summed E-state index contributed by atoms with van der Waals surface area (Å²) < 4.78 is 0. The minimum Gasteiger partial charge on any atom is -0.248 e. The van der Waals surface area contributed by atoms with Gasteiger partial charge in [0.15, 0.2) is 0 Å². The Morgan fingerprint density at radius 1 is 0.395 bits per heavy atom. The number of thioether (sulfide) groups is 1. The van der Waals surface area contributed by atoms with Crippen LogP contribution in [0.2, 0.25) is 0 Å². The Hall–Kier alpha value is -5.18. The summed E-state index contributed by atoms with van der Waals surface area (Å²) in [7, 11) is 0. The van der Waals surface area contributed by atoms with Gasteiger partial charge >= 0.3 is 0 Å². The van der Waals surface area contributed by atoms with Crippen LogP contribution < -0.4 is 0 Å². The number of nitrogens with zero attached hydrogens (tertiary/aromatic N) is 1. The van der Waals surface area contributed by atoms with E-state index < -0.39 is 0 Å². The predicted molar refractivity (Wildman–Crippen MR) is 184 cm³/mol. The Labute approximate surface area is 257 Å². The molecule has 0 unspecified atom stereocenters. The van der Waals surface area contributed by atoms with Crippen LogP contribution in [0.5, 0.6) is 0 Å². The van der Waals surface area contributed by atoms with Crippen molar-refractivity contribution in [3.63, 3.8) is 0 Å². The maximum Gasteiger partial charge on any atom is 0.0715 e. The van der Waals surface area contributed by atoms with Gasteiger partial charge in [-0.3, -0.25) is 0 Å². The molecular weight excluding hydrogens is 539 g/mol. The van der Waals surface area contributed by atoms with E-state index in [4.69, 9.17) is 4.98 Å². The molecule has 5 aromatic carbocycles. The first-order valence-corrected chi connectivity index (χ1v) is 15.3. The van der Waals surface area contributed by atoms with Crippen LogP contribution in [0.25, 0.3) is 37.9 Å². The molecule has 0 atom stereocenters. The number of benzene rings is 5. The highest BCUT2D eigenvalue weighted by Gasteiger charge is 2.20. The van der Waals surface area contributed by atoms with Gasteiger partial charge in [-0.2, -0.15) is 0 Å². The van der Waals surface area contributed by atoms with Gasteiger partial charge in [-0.15, -0.1) is 0 Å². The molecule has 0 saturated carbocycles. The largest absolute Gasteiger partial charge is 0.248 e. The van der Waals surface area contributed by atoms with Crippen LogP contribution in [-0.2, 0) is 0 Å². The lowest BCUT2D eigenvalue weighted by molar-refractivity contribution is 1.31. The molecule has 0 N–H and O–H groups in total. The third-order valence-corrected chi connectivity index (χ3v) is 8.66. The van der Waals surface area contributed by atoms with E-state index in [0.29, 0.717) is 0 Å². The van der Waals surface area contributed by atoms with Gasteiger partial charge in [0.05, 0.1) is 11.4 Å². The summed E-state index contributed by atoms with van der Waals surface area (Å²) in [5.41, 5.74) is 11.2. The SMILES string of the molecule is C1=C(c2ccccc2)SC(c2ccccc2)=CC1=C(c1ccccc1)c1cc(-c2ccccc2)nc(-c2ccccc2)c1. The third-order valence-electron chi connectivity index (χ3n) is 7.51. The lowest BCUT2D eigenvalue weighted by atomic mass is 9.90. The van der Waals surface area contributed by atoms with Crippen molar-refractivity contribution in [1.29, 1.82) is 0 Å². The highest BCUT2D eigenvalue weighted by Crippen LogP contribution is 2.46. The van der Waals surface area contributed by atoms with E-state index in [1.54, 1.807) is 0 Å². The van der Waals surface area contributed by atoms with Crippen LogP contribution in [0.1, 0.15) is 22.3 Å². The van der Waals surface area contributed by atoms with Crippen LogP contribution >= 0.6 is 11.8 Å². The Morgan fingerprint density at radius 3 is 1.19 bits per heavy atom. The number of allylic oxidation sites excluding steroid dienone is 3. The van der Waals surface area contributed by atoms with E-state index in [1.807, 2.05) is 23.9 Å². The quantitative estimate of drug-likeness (QED) is 0.199. The predicted octanol–water partition coefficient (Wildman–Crippen LogP) is 11.0. The summed E-state index contributed by atoms with van der Waals surface area (Å²) in [6.45, 7) is 0. The van der Waals surface area contributed by atoms with Crippen molar-refractivity contribution in [2.45, 2.75) is 0 Å². The lowest BCUT2D eigenvalue weighted by Crippen LogP contribution is -1.99. The molecule has 1 aromatic heterocycles. The zero-order valence-corrected chi connectivity index (χ0v) is 24.4. The normalized spacial score (nSPS) is 12.8. The Bertz CT molecular complexity index is 1830. The fraction of sp³-hybridized carbons (Fsp3) is 0. The second-order valence-corrected chi connectivity index (χ2v) is 11.5. The van der Waals surface area contributed by atoms with Crippen molar-refractivity contribution in [3.05, 3.63) is 204 Å². The first-order chi connectivity index (χ1) is 21.3. The Morgan fingerprint density at radius 2 is 0.767 bits per heavy atom. The number of rotatable bonds is 6. The van der Waals surface area contributed by atoms with Crippen LogP contribution in [-0.4, -0.2) is 4.98 Å². The second-order valence-electron chi connectivity index (χ2n) is 10.4. The molecule has 0 amide bonds. The highest BCUT2D eigenvalue weighted by atomic mass is 32.2. The summed E-state index contributed by atoms with van der Waals surface area (Å²) in [6.07, 6.45) is 4.69. The molecule has 0 saturated heterocycles. The summed E-state index contributed by atoms with van der Waals surface area (Å²) in [5, 5.41) is 0. The maximum absolute atomic E-state index is 5.16. The molecule has 0 aliphatic carbocycles. The van der Waals surface area contributed by atoms with E-state index >= 15 is 0 Å². The van der Waals surface area contributed by atoms with Gasteiger partial charge in [0, 0.05) is 20.9 Å². The maximum atomic E-state index is 5.16. The molecule has 0 radical (unpaired) electrons.